The number of rotatable bonds is 2. The van der Waals surface area contributed by atoms with Crippen LogP contribution in [0.4, 0.5) is 4.79 Å². The molecule has 6 nitrogen and oxygen atoms in total. The molecule has 0 aromatic heterocycles. The fraction of sp³-hybridized carbons (Fsp3) is 0.882. The van der Waals surface area contributed by atoms with Crippen LogP contribution in [0.25, 0.3) is 0 Å². The van der Waals surface area contributed by atoms with Gasteiger partial charge in [0.05, 0.1) is 0 Å². The van der Waals surface area contributed by atoms with E-state index in [9.17, 15) is 4.79 Å². The van der Waals surface area contributed by atoms with Crippen LogP contribution < -0.4 is 5.73 Å². The molecule has 2 N–H and O–H groups in total. The summed E-state index contributed by atoms with van der Waals surface area (Å²) in [7, 11) is 0. The van der Waals surface area contributed by atoms with Crippen LogP contribution >= 0.6 is 24.0 Å². The second-order valence-corrected chi connectivity index (χ2v) is 8.15. The maximum atomic E-state index is 12.1. The summed E-state index contributed by atoms with van der Waals surface area (Å²) in [5.74, 6) is 0.613. The fourth-order valence-corrected chi connectivity index (χ4v) is 3.20. The molecule has 24 heavy (non-hydrogen) atoms. The molecule has 2 aliphatic rings. The van der Waals surface area contributed by atoms with Gasteiger partial charge in [-0.25, -0.2) is 4.79 Å². The van der Waals surface area contributed by atoms with E-state index >= 15 is 0 Å². The predicted molar refractivity (Wildman–Crippen MR) is 108 cm³/mol. The van der Waals surface area contributed by atoms with Gasteiger partial charge in [-0.2, -0.15) is 0 Å². The molecule has 1 aliphatic heterocycles. The lowest BCUT2D eigenvalue weighted by molar-refractivity contribution is 0.0186. The van der Waals surface area contributed by atoms with Crippen molar-refractivity contribution in [1.29, 1.82) is 0 Å². The molecule has 1 amide bonds. The van der Waals surface area contributed by atoms with E-state index in [2.05, 4.69) is 16.8 Å². The second kappa shape index (κ2) is 8.58. The Balaban J connectivity index is 0.00000288. The van der Waals surface area contributed by atoms with Gasteiger partial charge in [-0.3, -0.25) is 4.99 Å². The van der Waals surface area contributed by atoms with Gasteiger partial charge in [0, 0.05) is 32.7 Å². The first-order chi connectivity index (χ1) is 10.7. The highest BCUT2D eigenvalue weighted by molar-refractivity contribution is 14.0. The van der Waals surface area contributed by atoms with Crippen LogP contribution in [0.1, 0.15) is 53.4 Å². The molecule has 2 fully saturated rings. The average molecular weight is 452 g/mol. The molecule has 0 radical (unpaired) electrons. The standard InChI is InChI=1S/C17H32N4O2.HI/c1-16(2,3)23-15(22)21-11-9-20(10-12-21)14(18)19-13-17(4)7-5-6-8-17;/h5-13H2,1-4H3,(H2,18,19);1H. The van der Waals surface area contributed by atoms with E-state index in [1.54, 1.807) is 4.90 Å². The maximum Gasteiger partial charge on any atom is 0.410 e. The summed E-state index contributed by atoms with van der Waals surface area (Å²) in [6.07, 6.45) is 4.86. The molecule has 2 rings (SSSR count). The highest BCUT2D eigenvalue weighted by atomic mass is 127. The van der Waals surface area contributed by atoms with Crippen LogP contribution in [0.15, 0.2) is 4.99 Å². The van der Waals surface area contributed by atoms with Crippen molar-refractivity contribution in [3.05, 3.63) is 0 Å². The van der Waals surface area contributed by atoms with E-state index < -0.39 is 5.60 Å². The first-order valence-electron chi connectivity index (χ1n) is 8.71. The van der Waals surface area contributed by atoms with E-state index in [4.69, 9.17) is 10.5 Å². The van der Waals surface area contributed by atoms with Crippen LogP contribution in [-0.2, 0) is 4.74 Å². The van der Waals surface area contributed by atoms with Gasteiger partial charge in [0.1, 0.15) is 5.60 Å². The van der Waals surface area contributed by atoms with Crippen molar-refractivity contribution in [3.8, 4) is 0 Å². The number of piperazine rings is 1. The molecule has 1 aliphatic carbocycles. The number of aliphatic imine (C=N–C) groups is 1. The smallest absolute Gasteiger partial charge is 0.410 e. The Morgan fingerprint density at radius 3 is 2.12 bits per heavy atom. The molecule has 1 heterocycles. The molecule has 0 aromatic carbocycles. The van der Waals surface area contributed by atoms with Gasteiger partial charge in [-0.1, -0.05) is 19.8 Å². The Morgan fingerprint density at radius 2 is 1.62 bits per heavy atom. The number of carbonyl (C=O) groups excluding carboxylic acids is 1. The molecule has 1 saturated carbocycles. The molecule has 1 saturated heterocycles. The maximum absolute atomic E-state index is 12.1. The number of amides is 1. The zero-order chi connectivity index (χ0) is 17.1. The Bertz CT molecular complexity index is 448. The molecule has 0 spiro atoms. The van der Waals surface area contributed by atoms with Gasteiger partial charge in [0.25, 0.3) is 0 Å². The molecule has 0 atom stereocenters. The van der Waals surface area contributed by atoms with Crippen molar-refractivity contribution in [2.45, 2.75) is 59.0 Å². The third-order valence-corrected chi connectivity index (χ3v) is 4.69. The Kier molecular flexibility index (Phi) is 7.62. The van der Waals surface area contributed by atoms with E-state index in [0.29, 0.717) is 37.6 Å². The van der Waals surface area contributed by atoms with Crippen molar-refractivity contribution >= 4 is 36.0 Å². The van der Waals surface area contributed by atoms with E-state index in [1.165, 1.54) is 25.7 Å². The first-order valence-corrected chi connectivity index (χ1v) is 8.71. The van der Waals surface area contributed by atoms with Crippen molar-refractivity contribution in [2.75, 3.05) is 32.7 Å². The van der Waals surface area contributed by atoms with Gasteiger partial charge in [0.2, 0.25) is 0 Å². The number of halogens is 1. The minimum atomic E-state index is -0.453. The van der Waals surface area contributed by atoms with Gasteiger partial charge in [0.15, 0.2) is 5.96 Å². The third kappa shape index (κ3) is 6.29. The lowest BCUT2D eigenvalue weighted by atomic mass is 9.89. The third-order valence-electron chi connectivity index (χ3n) is 4.69. The Hall–Kier alpha value is -0.730. The molecule has 0 unspecified atom stereocenters. The van der Waals surface area contributed by atoms with E-state index in [-0.39, 0.29) is 30.1 Å². The van der Waals surface area contributed by atoms with Crippen molar-refractivity contribution in [1.82, 2.24) is 9.80 Å². The van der Waals surface area contributed by atoms with Crippen molar-refractivity contribution < 1.29 is 9.53 Å². The zero-order valence-electron chi connectivity index (χ0n) is 15.5. The Morgan fingerprint density at radius 1 is 1.12 bits per heavy atom. The SMILES string of the molecule is CC1(CN=C(N)N2CCN(C(=O)OC(C)(C)C)CC2)CCCC1.I. The number of hydrogen-bond donors (Lipinski definition) is 1. The summed E-state index contributed by atoms with van der Waals surface area (Å²) in [6.45, 7) is 11.4. The van der Waals surface area contributed by atoms with Gasteiger partial charge in [-0.15, -0.1) is 24.0 Å². The Labute approximate surface area is 163 Å². The average Bonchev–Trinajstić information content (AvgIpc) is 2.90. The van der Waals surface area contributed by atoms with Crippen LogP contribution in [0, 0.1) is 5.41 Å². The summed E-state index contributed by atoms with van der Waals surface area (Å²) >= 11 is 0. The predicted octanol–water partition coefficient (Wildman–Crippen LogP) is 3.05. The number of carbonyl (C=O) groups is 1. The van der Waals surface area contributed by atoms with Gasteiger partial charge >= 0.3 is 6.09 Å². The second-order valence-electron chi connectivity index (χ2n) is 8.15. The summed E-state index contributed by atoms with van der Waals surface area (Å²) in [5.41, 5.74) is 6.02. The van der Waals surface area contributed by atoms with E-state index in [0.717, 1.165) is 6.54 Å². The molecular weight excluding hydrogens is 419 g/mol. The van der Waals surface area contributed by atoms with Crippen LogP contribution in [0.2, 0.25) is 0 Å². The molecule has 0 bridgehead atoms. The highest BCUT2D eigenvalue weighted by Crippen LogP contribution is 2.37. The zero-order valence-corrected chi connectivity index (χ0v) is 17.8. The minimum absolute atomic E-state index is 0. The fourth-order valence-electron chi connectivity index (χ4n) is 3.20. The minimum Gasteiger partial charge on any atom is -0.444 e. The summed E-state index contributed by atoms with van der Waals surface area (Å²) < 4.78 is 5.41. The number of hydrogen-bond acceptors (Lipinski definition) is 3. The van der Waals surface area contributed by atoms with Crippen molar-refractivity contribution in [2.24, 2.45) is 16.1 Å². The number of ether oxygens (including phenoxy) is 1. The first kappa shape index (κ1) is 21.3. The monoisotopic (exact) mass is 452 g/mol. The highest BCUT2D eigenvalue weighted by Gasteiger charge is 2.29. The summed E-state index contributed by atoms with van der Waals surface area (Å²) in [6, 6.07) is 0. The van der Waals surface area contributed by atoms with E-state index in [1.807, 2.05) is 20.8 Å². The van der Waals surface area contributed by atoms with Crippen LogP contribution in [0.5, 0.6) is 0 Å². The summed E-state index contributed by atoms with van der Waals surface area (Å²) in [5, 5.41) is 0. The topological polar surface area (TPSA) is 71.2 Å². The lowest BCUT2D eigenvalue weighted by Gasteiger charge is -2.36. The largest absolute Gasteiger partial charge is 0.444 e. The quantitative estimate of drug-likeness (QED) is 0.397. The molecular formula is C17H33IN4O2. The van der Waals surface area contributed by atoms with Gasteiger partial charge in [-0.05, 0) is 39.0 Å². The molecule has 140 valence electrons. The molecule has 0 aromatic rings. The van der Waals surface area contributed by atoms with Crippen molar-refractivity contribution in [3.63, 3.8) is 0 Å². The van der Waals surface area contributed by atoms with Crippen LogP contribution in [0.3, 0.4) is 0 Å². The number of nitrogens with zero attached hydrogens (tertiary/aromatic N) is 3. The number of nitrogens with two attached hydrogens (primary N) is 1. The normalized spacial score (nSPS) is 21.4. The molecule has 7 heteroatoms. The number of guanidine groups is 1. The summed E-state index contributed by atoms with van der Waals surface area (Å²) in [4.78, 5) is 20.5. The van der Waals surface area contributed by atoms with Crippen LogP contribution in [-0.4, -0.2) is 60.2 Å². The lowest BCUT2D eigenvalue weighted by Crippen LogP contribution is -2.53. The van der Waals surface area contributed by atoms with Gasteiger partial charge < -0.3 is 20.3 Å².